The van der Waals surface area contributed by atoms with E-state index in [1.54, 1.807) is 4.68 Å². The van der Waals surface area contributed by atoms with E-state index in [0.717, 1.165) is 11.3 Å². The Morgan fingerprint density at radius 2 is 2.24 bits per heavy atom. The number of hydrogen-bond donors (Lipinski definition) is 2. The van der Waals surface area contributed by atoms with Gasteiger partial charge in [0.15, 0.2) is 0 Å². The molecule has 0 spiro atoms. The number of hydrogen-bond acceptors (Lipinski definition) is 4. The highest BCUT2D eigenvalue weighted by molar-refractivity contribution is 5.89. The third kappa shape index (κ3) is 3.18. The first-order chi connectivity index (χ1) is 10.1. The van der Waals surface area contributed by atoms with Crippen molar-refractivity contribution in [3.8, 4) is 5.69 Å². The van der Waals surface area contributed by atoms with Crippen LogP contribution in [0.3, 0.4) is 0 Å². The van der Waals surface area contributed by atoms with Gasteiger partial charge in [-0.15, -0.1) is 5.10 Å². The fourth-order valence-electron chi connectivity index (χ4n) is 2.29. The summed E-state index contributed by atoms with van der Waals surface area (Å²) in [4.78, 5) is 12.0. The third-order valence-electron chi connectivity index (χ3n) is 3.75. The summed E-state index contributed by atoms with van der Waals surface area (Å²) in [7, 11) is 0. The molecular weight excluding hydrogens is 268 g/mol. The van der Waals surface area contributed by atoms with E-state index in [1.165, 1.54) is 19.2 Å². The van der Waals surface area contributed by atoms with E-state index in [0.29, 0.717) is 11.6 Å². The summed E-state index contributed by atoms with van der Waals surface area (Å²) in [5, 5.41) is 16.9. The van der Waals surface area contributed by atoms with Crippen molar-refractivity contribution < 1.29 is 4.79 Å². The smallest absolute Gasteiger partial charge is 0.319 e. The molecule has 2 N–H and O–H groups in total. The number of carbonyl (C=O) groups excluding carboxylic acids is 1. The molecule has 110 valence electrons. The predicted octanol–water partition coefficient (Wildman–Crippen LogP) is 1.89. The van der Waals surface area contributed by atoms with Gasteiger partial charge in [0.25, 0.3) is 0 Å². The molecule has 1 aliphatic rings. The number of carbonyl (C=O) groups is 1. The van der Waals surface area contributed by atoms with Crippen LogP contribution in [0.5, 0.6) is 0 Å². The molecule has 1 atom stereocenters. The van der Waals surface area contributed by atoms with Crippen molar-refractivity contribution in [2.75, 3.05) is 5.32 Å². The Morgan fingerprint density at radius 1 is 1.43 bits per heavy atom. The Bertz CT molecular complexity index is 635. The average Bonchev–Trinajstić information content (AvgIpc) is 3.17. The highest BCUT2D eigenvalue weighted by Gasteiger charge is 2.28. The van der Waals surface area contributed by atoms with Gasteiger partial charge in [0, 0.05) is 11.7 Å². The molecule has 7 heteroatoms. The monoisotopic (exact) mass is 286 g/mol. The molecule has 1 unspecified atom stereocenters. The summed E-state index contributed by atoms with van der Waals surface area (Å²) in [5.74, 6) is 0.630. The van der Waals surface area contributed by atoms with Crippen molar-refractivity contribution in [2.45, 2.75) is 32.7 Å². The van der Waals surface area contributed by atoms with Gasteiger partial charge in [0.1, 0.15) is 6.33 Å². The first kappa shape index (κ1) is 13.5. The minimum absolute atomic E-state index is 0.180. The van der Waals surface area contributed by atoms with Crippen LogP contribution in [0.4, 0.5) is 10.5 Å². The molecule has 1 saturated carbocycles. The SMILES string of the molecule is Cc1ccc(NC(=O)NC(C)C2CC2)cc1-n1cnnn1. The van der Waals surface area contributed by atoms with Crippen LogP contribution in [-0.4, -0.2) is 32.3 Å². The number of rotatable bonds is 4. The van der Waals surface area contributed by atoms with Gasteiger partial charge in [0.05, 0.1) is 5.69 Å². The lowest BCUT2D eigenvalue weighted by Gasteiger charge is -2.14. The fourth-order valence-corrected chi connectivity index (χ4v) is 2.29. The highest BCUT2D eigenvalue weighted by atomic mass is 16.2. The van der Waals surface area contributed by atoms with E-state index in [4.69, 9.17) is 0 Å². The van der Waals surface area contributed by atoms with Crippen LogP contribution in [-0.2, 0) is 0 Å². The zero-order valence-electron chi connectivity index (χ0n) is 12.1. The second kappa shape index (κ2) is 5.51. The molecule has 0 radical (unpaired) electrons. The van der Waals surface area contributed by atoms with Crippen LogP contribution < -0.4 is 10.6 Å². The molecule has 0 aliphatic heterocycles. The molecule has 0 bridgehead atoms. The van der Waals surface area contributed by atoms with Gasteiger partial charge in [-0.2, -0.15) is 0 Å². The van der Waals surface area contributed by atoms with Crippen molar-refractivity contribution in [3.63, 3.8) is 0 Å². The molecule has 7 nitrogen and oxygen atoms in total. The maximum absolute atomic E-state index is 12.0. The number of benzene rings is 1. The van der Waals surface area contributed by atoms with Crippen LogP contribution in [0.2, 0.25) is 0 Å². The van der Waals surface area contributed by atoms with E-state index in [1.807, 2.05) is 32.0 Å². The summed E-state index contributed by atoms with van der Waals surface area (Å²) >= 11 is 0. The molecule has 2 amide bonds. The molecule has 0 saturated heterocycles. The predicted molar refractivity (Wildman–Crippen MR) is 78.2 cm³/mol. The summed E-state index contributed by atoms with van der Waals surface area (Å²) < 4.78 is 1.57. The third-order valence-corrected chi connectivity index (χ3v) is 3.75. The van der Waals surface area contributed by atoms with Crippen LogP contribution in [0.25, 0.3) is 5.69 Å². The average molecular weight is 286 g/mol. The maximum Gasteiger partial charge on any atom is 0.319 e. The molecule has 1 fully saturated rings. The Kier molecular flexibility index (Phi) is 3.55. The lowest BCUT2D eigenvalue weighted by Crippen LogP contribution is -2.37. The van der Waals surface area contributed by atoms with Gasteiger partial charge >= 0.3 is 6.03 Å². The Morgan fingerprint density at radius 3 is 2.90 bits per heavy atom. The number of anilines is 1. The molecule has 2 aromatic rings. The van der Waals surface area contributed by atoms with Gasteiger partial charge in [-0.1, -0.05) is 6.07 Å². The molecule has 1 aromatic carbocycles. The summed E-state index contributed by atoms with van der Waals surface area (Å²) in [5.41, 5.74) is 2.58. The quantitative estimate of drug-likeness (QED) is 0.899. The number of aryl methyl sites for hydroxylation is 1. The van der Waals surface area contributed by atoms with Gasteiger partial charge in [-0.25, -0.2) is 9.48 Å². The lowest BCUT2D eigenvalue weighted by molar-refractivity contribution is 0.248. The van der Waals surface area contributed by atoms with Crippen LogP contribution in [0, 0.1) is 12.8 Å². The highest BCUT2D eigenvalue weighted by Crippen LogP contribution is 2.32. The Labute approximate surface area is 122 Å². The number of nitrogens with zero attached hydrogens (tertiary/aromatic N) is 4. The van der Waals surface area contributed by atoms with Gasteiger partial charge in [-0.05, 0) is 60.7 Å². The maximum atomic E-state index is 12.0. The zero-order valence-corrected chi connectivity index (χ0v) is 12.1. The second-order valence-electron chi connectivity index (χ2n) is 5.48. The van der Waals surface area contributed by atoms with Crippen LogP contribution in [0.1, 0.15) is 25.3 Å². The number of nitrogens with one attached hydrogen (secondary N) is 2. The van der Waals surface area contributed by atoms with Crippen molar-refractivity contribution in [2.24, 2.45) is 5.92 Å². The number of tetrazole rings is 1. The van der Waals surface area contributed by atoms with Crippen molar-refractivity contribution in [3.05, 3.63) is 30.1 Å². The topological polar surface area (TPSA) is 84.7 Å². The first-order valence-corrected chi connectivity index (χ1v) is 7.05. The summed E-state index contributed by atoms with van der Waals surface area (Å²) in [6.45, 7) is 4.01. The minimum Gasteiger partial charge on any atom is -0.335 e. The van der Waals surface area contributed by atoms with E-state index in [9.17, 15) is 4.79 Å². The number of amides is 2. The standard InChI is InChI=1S/C14H18N6O/c1-9-3-6-12(7-13(9)20-8-15-18-19-20)17-14(21)16-10(2)11-4-5-11/h3,6-8,10-11H,4-5H2,1-2H3,(H2,16,17,21). The van der Waals surface area contributed by atoms with E-state index in [-0.39, 0.29) is 12.1 Å². The second-order valence-corrected chi connectivity index (χ2v) is 5.48. The molecule has 3 rings (SSSR count). The van der Waals surface area contributed by atoms with E-state index >= 15 is 0 Å². The van der Waals surface area contributed by atoms with Gasteiger partial charge < -0.3 is 10.6 Å². The molecule has 1 heterocycles. The van der Waals surface area contributed by atoms with Crippen LogP contribution in [0.15, 0.2) is 24.5 Å². The fraction of sp³-hybridized carbons (Fsp3) is 0.429. The van der Waals surface area contributed by atoms with Crippen molar-refractivity contribution in [1.29, 1.82) is 0 Å². The van der Waals surface area contributed by atoms with E-state index < -0.39 is 0 Å². The summed E-state index contributed by atoms with van der Waals surface area (Å²) in [6.07, 6.45) is 3.94. The molecule has 1 aromatic heterocycles. The minimum atomic E-state index is -0.180. The summed E-state index contributed by atoms with van der Waals surface area (Å²) in [6, 6.07) is 5.68. The van der Waals surface area contributed by atoms with Crippen molar-refractivity contribution in [1.82, 2.24) is 25.5 Å². The molecule has 1 aliphatic carbocycles. The Balaban J connectivity index is 1.70. The largest absolute Gasteiger partial charge is 0.335 e. The first-order valence-electron chi connectivity index (χ1n) is 7.05. The van der Waals surface area contributed by atoms with Gasteiger partial charge in [-0.3, -0.25) is 0 Å². The van der Waals surface area contributed by atoms with Crippen LogP contribution >= 0.6 is 0 Å². The van der Waals surface area contributed by atoms with Crippen molar-refractivity contribution >= 4 is 11.7 Å². The zero-order chi connectivity index (χ0) is 14.8. The number of aromatic nitrogens is 4. The molecular formula is C14H18N6O. The lowest BCUT2D eigenvalue weighted by atomic mass is 10.2. The van der Waals surface area contributed by atoms with E-state index in [2.05, 4.69) is 26.2 Å². The molecule has 21 heavy (non-hydrogen) atoms. The normalized spacial score (nSPS) is 15.5. The number of urea groups is 1. The Hall–Kier alpha value is -2.44. The van der Waals surface area contributed by atoms with Gasteiger partial charge in [0.2, 0.25) is 0 Å².